The van der Waals surface area contributed by atoms with Crippen LogP contribution in [0.15, 0.2) is 24.3 Å². The quantitative estimate of drug-likeness (QED) is 0.893. The summed E-state index contributed by atoms with van der Waals surface area (Å²) in [5, 5.41) is 0. The van der Waals surface area contributed by atoms with E-state index in [0.717, 1.165) is 6.42 Å². The van der Waals surface area contributed by atoms with Gasteiger partial charge >= 0.3 is 0 Å². The van der Waals surface area contributed by atoms with E-state index in [1.807, 2.05) is 0 Å². The van der Waals surface area contributed by atoms with Crippen molar-refractivity contribution in [2.75, 3.05) is 11.4 Å². The van der Waals surface area contributed by atoms with E-state index in [0.29, 0.717) is 6.04 Å². The largest absolute Gasteiger partial charge is 0.368 e. The van der Waals surface area contributed by atoms with Gasteiger partial charge in [0.2, 0.25) is 0 Å². The van der Waals surface area contributed by atoms with Gasteiger partial charge in [0.05, 0.1) is 0 Å². The first-order valence-electron chi connectivity index (χ1n) is 7.82. The number of anilines is 1. The summed E-state index contributed by atoms with van der Waals surface area (Å²) in [4.78, 5) is 2.64. The molecule has 106 valence electrons. The van der Waals surface area contributed by atoms with E-state index < -0.39 is 0 Å². The molecule has 1 heterocycles. The lowest BCUT2D eigenvalue weighted by molar-refractivity contribution is 0.554. The fourth-order valence-electron chi connectivity index (χ4n) is 3.23. The molecule has 1 aliphatic rings. The first kappa shape index (κ1) is 14.4. The highest BCUT2D eigenvalue weighted by Gasteiger charge is 2.21. The van der Waals surface area contributed by atoms with E-state index in [1.165, 1.54) is 49.9 Å². The van der Waals surface area contributed by atoms with Gasteiger partial charge in [0.15, 0.2) is 0 Å². The smallest absolute Gasteiger partial charge is 0.0401 e. The van der Waals surface area contributed by atoms with Gasteiger partial charge in [0.1, 0.15) is 0 Å². The summed E-state index contributed by atoms with van der Waals surface area (Å²) < 4.78 is 0. The Balaban J connectivity index is 2.27. The van der Waals surface area contributed by atoms with Gasteiger partial charge in [-0.25, -0.2) is 0 Å². The van der Waals surface area contributed by atoms with Crippen LogP contribution in [-0.4, -0.2) is 18.6 Å². The second kappa shape index (κ2) is 6.95. The van der Waals surface area contributed by atoms with Crippen molar-refractivity contribution >= 4 is 5.69 Å². The van der Waals surface area contributed by atoms with Crippen LogP contribution in [0, 0.1) is 0 Å². The fraction of sp³-hybridized carbons (Fsp3) is 0.647. The van der Waals surface area contributed by atoms with Gasteiger partial charge in [0, 0.05) is 24.3 Å². The van der Waals surface area contributed by atoms with Crippen molar-refractivity contribution < 1.29 is 0 Å². The molecule has 0 bridgehead atoms. The van der Waals surface area contributed by atoms with Crippen LogP contribution in [0.25, 0.3) is 0 Å². The summed E-state index contributed by atoms with van der Waals surface area (Å²) in [5.41, 5.74) is 8.84. The van der Waals surface area contributed by atoms with Crippen LogP contribution in [0.3, 0.4) is 0 Å². The van der Waals surface area contributed by atoms with Crippen LogP contribution in [0.1, 0.15) is 51.5 Å². The molecule has 2 heteroatoms. The van der Waals surface area contributed by atoms with Crippen LogP contribution < -0.4 is 10.6 Å². The number of para-hydroxylation sites is 1. The molecule has 0 saturated carbocycles. The number of rotatable bonds is 4. The van der Waals surface area contributed by atoms with Crippen LogP contribution in [0.5, 0.6) is 0 Å². The summed E-state index contributed by atoms with van der Waals surface area (Å²) in [6, 6.07) is 9.77. The standard InChI is InChI=1S/C17H28N2/c1-3-16-10-5-4-8-12-19(16)17-11-7-6-9-15(17)13-14(2)18/h6-7,9,11,14,16H,3-5,8,10,12-13,18H2,1-2H3. The molecule has 2 unspecified atom stereocenters. The van der Waals surface area contributed by atoms with Gasteiger partial charge in [-0.15, -0.1) is 0 Å². The zero-order valence-corrected chi connectivity index (χ0v) is 12.4. The lowest BCUT2D eigenvalue weighted by Gasteiger charge is -2.33. The third-order valence-corrected chi connectivity index (χ3v) is 4.19. The number of nitrogens with two attached hydrogens (primary N) is 1. The molecule has 1 saturated heterocycles. The molecule has 0 aliphatic carbocycles. The lowest BCUT2D eigenvalue weighted by atomic mass is 10.0. The van der Waals surface area contributed by atoms with E-state index in [2.05, 4.69) is 43.0 Å². The van der Waals surface area contributed by atoms with Crippen molar-refractivity contribution in [1.82, 2.24) is 0 Å². The van der Waals surface area contributed by atoms with Crippen molar-refractivity contribution in [2.24, 2.45) is 5.73 Å². The van der Waals surface area contributed by atoms with Gasteiger partial charge < -0.3 is 10.6 Å². The highest BCUT2D eigenvalue weighted by atomic mass is 15.2. The molecule has 1 fully saturated rings. The molecule has 0 spiro atoms. The maximum atomic E-state index is 6.00. The second-order valence-electron chi connectivity index (χ2n) is 5.91. The van der Waals surface area contributed by atoms with E-state index in [1.54, 1.807) is 0 Å². The van der Waals surface area contributed by atoms with Crippen LogP contribution in [0.4, 0.5) is 5.69 Å². The maximum absolute atomic E-state index is 6.00. The number of hydrogen-bond donors (Lipinski definition) is 1. The Bertz CT molecular complexity index is 387. The number of nitrogens with zero attached hydrogens (tertiary/aromatic N) is 1. The first-order valence-corrected chi connectivity index (χ1v) is 7.82. The predicted molar refractivity (Wildman–Crippen MR) is 83.7 cm³/mol. The molecule has 0 radical (unpaired) electrons. The molecule has 2 atom stereocenters. The molecular formula is C17H28N2. The Morgan fingerprint density at radius 3 is 2.79 bits per heavy atom. The molecule has 0 aromatic heterocycles. The summed E-state index contributed by atoms with van der Waals surface area (Å²) in [6.07, 6.45) is 7.63. The zero-order valence-electron chi connectivity index (χ0n) is 12.4. The van der Waals surface area contributed by atoms with E-state index in [9.17, 15) is 0 Å². The Morgan fingerprint density at radius 2 is 2.05 bits per heavy atom. The monoisotopic (exact) mass is 260 g/mol. The van der Waals surface area contributed by atoms with E-state index in [4.69, 9.17) is 5.73 Å². The van der Waals surface area contributed by atoms with Crippen molar-refractivity contribution in [2.45, 2.75) is 64.5 Å². The Hall–Kier alpha value is -1.02. The summed E-state index contributed by atoms with van der Waals surface area (Å²) in [7, 11) is 0. The van der Waals surface area contributed by atoms with Crippen molar-refractivity contribution in [1.29, 1.82) is 0 Å². The van der Waals surface area contributed by atoms with Crippen molar-refractivity contribution in [3.8, 4) is 0 Å². The highest BCUT2D eigenvalue weighted by molar-refractivity contribution is 5.55. The molecule has 1 aromatic rings. The van der Waals surface area contributed by atoms with Gasteiger partial charge in [-0.3, -0.25) is 0 Å². The molecule has 2 rings (SSSR count). The summed E-state index contributed by atoms with van der Waals surface area (Å²) in [6.45, 7) is 5.61. The number of benzene rings is 1. The van der Waals surface area contributed by atoms with Crippen LogP contribution in [-0.2, 0) is 6.42 Å². The molecule has 2 nitrogen and oxygen atoms in total. The molecular weight excluding hydrogens is 232 g/mol. The third-order valence-electron chi connectivity index (χ3n) is 4.19. The van der Waals surface area contributed by atoms with Gasteiger partial charge in [-0.2, -0.15) is 0 Å². The topological polar surface area (TPSA) is 29.3 Å². The predicted octanol–water partition coefficient (Wildman–Crippen LogP) is 3.74. The normalized spacial score (nSPS) is 22.1. The van der Waals surface area contributed by atoms with Crippen molar-refractivity contribution in [3.63, 3.8) is 0 Å². The zero-order chi connectivity index (χ0) is 13.7. The second-order valence-corrected chi connectivity index (χ2v) is 5.91. The Kier molecular flexibility index (Phi) is 5.26. The average Bonchev–Trinajstić information content (AvgIpc) is 2.63. The minimum Gasteiger partial charge on any atom is -0.368 e. The van der Waals surface area contributed by atoms with Gasteiger partial charge in [-0.05, 0) is 44.2 Å². The maximum Gasteiger partial charge on any atom is 0.0401 e. The minimum absolute atomic E-state index is 0.230. The average molecular weight is 260 g/mol. The highest BCUT2D eigenvalue weighted by Crippen LogP contribution is 2.29. The third kappa shape index (κ3) is 3.73. The van der Waals surface area contributed by atoms with Gasteiger partial charge in [-0.1, -0.05) is 38.0 Å². The first-order chi connectivity index (χ1) is 9.22. The summed E-state index contributed by atoms with van der Waals surface area (Å²) >= 11 is 0. The van der Waals surface area contributed by atoms with Crippen molar-refractivity contribution in [3.05, 3.63) is 29.8 Å². The molecule has 2 N–H and O–H groups in total. The lowest BCUT2D eigenvalue weighted by Crippen LogP contribution is -2.35. The molecule has 1 aromatic carbocycles. The minimum atomic E-state index is 0.230. The van der Waals surface area contributed by atoms with Crippen LogP contribution >= 0.6 is 0 Å². The SMILES string of the molecule is CCC1CCCCCN1c1ccccc1CC(C)N. The fourth-order valence-corrected chi connectivity index (χ4v) is 3.23. The number of hydrogen-bond acceptors (Lipinski definition) is 2. The van der Waals surface area contributed by atoms with E-state index >= 15 is 0 Å². The Morgan fingerprint density at radius 1 is 1.26 bits per heavy atom. The molecule has 0 amide bonds. The Labute approximate surface area is 118 Å². The molecule has 1 aliphatic heterocycles. The van der Waals surface area contributed by atoms with Crippen LogP contribution in [0.2, 0.25) is 0 Å². The molecule has 19 heavy (non-hydrogen) atoms. The summed E-state index contributed by atoms with van der Waals surface area (Å²) in [5.74, 6) is 0. The van der Waals surface area contributed by atoms with E-state index in [-0.39, 0.29) is 6.04 Å². The van der Waals surface area contributed by atoms with Gasteiger partial charge in [0.25, 0.3) is 0 Å².